The van der Waals surface area contributed by atoms with Crippen LogP contribution in [0.1, 0.15) is 41.0 Å². The molecule has 3 heterocycles. The Balaban J connectivity index is 1.42. The number of aryl methyl sites for hydroxylation is 1. The second-order valence-electron chi connectivity index (χ2n) is 7.95. The fourth-order valence-corrected chi connectivity index (χ4v) is 4.30. The quantitative estimate of drug-likeness (QED) is 0.506. The number of carbonyl (C=O) groups is 1. The summed E-state index contributed by atoms with van der Waals surface area (Å²) in [5.74, 6) is 1.07. The summed E-state index contributed by atoms with van der Waals surface area (Å²) in [5.41, 5.74) is 1.87. The molecule has 0 saturated carbocycles. The molecular weight excluding hydrogens is 426 g/mol. The molecule has 5 rings (SSSR count). The molecule has 4 aromatic rings. The third kappa shape index (κ3) is 3.91. The topological polar surface area (TPSA) is 81.8 Å². The number of fused-ring (bicyclic) bond motifs is 2. The van der Waals surface area contributed by atoms with Gasteiger partial charge in [-0.05, 0) is 42.7 Å². The van der Waals surface area contributed by atoms with E-state index in [1.54, 1.807) is 39.7 Å². The lowest BCUT2D eigenvalue weighted by molar-refractivity contribution is 0.102. The highest BCUT2D eigenvalue weighted by atomic mass is 35.5. The van der Waals surface area contributed by atoms with Gasteiger partial charge in [-0.15, -0.1) is 0 Å². The molecule has 0 bridgehead atoms. The van der Waals surface area contributed by atoms with Crippen LogP contribution in [-0.4, -0.2) is 25.2 Å². The molecule has 7 nitrogen and oxygen atoms in total. The van der Waals surface area contributed by atoms with Crippen molar-refractivity contribution in [2.24, 2.45) is 0 Å². The van der Waals surface area contributed by atoms with Gasteiger partial charge in [-0.2, -0.15) is 5.10 Å². The van der Waals surface area contributed by atoms with Crippen LogP contribution in [0.15, 0.2) is 59.5 Å². The Bertz CT molecular complexity index is 1370. The minimum absolute atomic E-state index is 0.0309. The van der Waals surface area contributed by atoms with Crippen molar-refractivity contribution in [1.29, 1.82) is 0 Å². The highest BCUT2D eigenvalue weighted by Crippen LogP contribution is 2.20. The van der Waals surface area contributed by atoms with Gasteiger partial charge in [0.1, 0.15) is 11.6 Å². The molecule has 0 saturated heterocycles. The Kier molecular flexibility index (Phi) is 5.49. The van der Waals surface area contributed by atoms with Crippen LogP contribution in [0.25, 0.3) is 10.9 Å². The van der Waals surface area contributed by atoms with Crippen molar-refractivity contribution in [3.05, 3.63) is 87.1 Å². The second kappa shape index (κ2) is 8.59. The maximum atomic E-state index is 13.0. The number of benzene rings is 2. The fourth-order valence-electron chi connectivity index (χ4n) is 4.10. The van der Waals surface area contributed by atoms with Crippen molar-refractivity contribution in [2.45, 2.75) is 38.8 Å². The number of hydrogen-bond acceptors (Lipinski definition) is 4. The number of nitrogens with one attached hydrogen (secondary N) is 1. The predicted molar refractivity (Wildman–Crippen MR) is 124 cm³/mol. The molecule has 2 aromatic carbocycles. The van der Waals surface area contributed by atoms with Gasteiger partial charge in [0, 0.05) is 29.6 Å². The second-order valence-corrected chi connectivity index (χ2v) is 8.35. The molecule has 0 atom stereocenters. The van der Waals surface area contributed by atoms with E-state index in [1.807, 2.05) is 24.3 Å². The molecule has 8 heteroatoms. The smallest absolute Gasteiger partial charge is 0.261 e. The van der Waals surface area contributed by atoms with Crippen LogP contribution in [-0.2, 0) is 19.5 Å². The number of amides is 1. The lowest BCUT2D eigenvalue weighted by Crippen LogP contribution is -2.24. The predicted octanol–water partition coefficient (Wildman–Crippen LogP) is 4.27. The van der Waals surface area contributed by atoms with Crippen molar-refractivity contribution >= 4 is 34.2 Å². The lowest BCUT2D eigenvalue weighted by Gasteiger charge is -2.12. The maximum absolute atomic E-state index is 13.0. The first-order valence-electron chi connectivity index (χ1n) is 10.7. The normalized spacial score (nSPS) is 13.5. The number of hydrogen-bond donors (Lipinski definition) is 1. The Morgan fingerprint density at radius 1 is 1.09 bits per heavy atom. The van der Waals surface area contributed by atoms with Crippen LogP contribution < -0.4 is 10.9 Å². The number of nitrogens with zero attached hydrogens (tertiary/aromatic N) is 4. The average molecular weight is 448 g/mol. The van der Waals surface area contributed by atoms with Crippen molar-refractivity contribution in [3.8, 4) is 0 Å². The van der Waals surface area contributed by atoms with E-state index in [9.17, 15) is 9.59 Å². The lowest BCUT2D eigenvalue weighted by atomic mass is 10.1. The van der Waals surface area contributed by atoms with E-state index in [-0.39, 0.29) is 11.5 Å². The van der Waals surface area contributed by atoms with Crippen LogP contribution >= 0.6 is 11.6 Å². The highest BCUT2D eigenvalue weighted by molar-refractivity contribution is 6.31. The van der Waals surface area contributed by atoms with E-state index in [1.165, 1.54) is 0 Å². The zero-order valence-electron chi connectivity index (χ0n) is 17.4. The number of anilines is 1. The van der Waals surface area contributed by atoms with Crippen LogP contribution in [0, 0.1) is 0 Å². The van der Waals surface area contributed by atoms with Crippen molar-refractivity contribution in [2.75, 3.05) is 5.32 Å². The Labute approximate surface area is 189 Å². The summed E-state index contributed by atoms with van der Waals surface area (Å²) < 4.78 is 3.47. The molecule has 1 aliphatic rings. The molecule has 32 heavy (non-hydrogen) atoms. The summed E-state index contributed by atoms with van der Waals surface area (Å²) in [6, 6.07) is 14.3. The van der Waals surface area contributed by atoms with Gasteiger partial charge in [0.15, 0.2) is 0 Å². The third-order valence-electron chi connectivity index (χ3n) is 5.81. The minimum Gasteiger partial charge on any atom is -0.307 e. The molecule has 1 N–H and O–H groups in total. The van der Waals surface area contributed by atoms with E-state index in [2.05, 4.69) is 10.4 Å². The average Bonchev–Trinajstić information content (AvgIpc) is 3.08. The third-order valence-corrected chi connectivity index (χ3v) is 6.18. The van der Waals surface area contributed by atoms with Crippen molar-refractivity contribution in [1.82, 2.24) is 19.3 Å². The number of halogens is 1. The molecule has 2 aromatic heterocycles. The number of carbonyl (C=O) groups excluding carboxylic acids is 1. The molecule has 1 amide bonds. The van der Waals surface area contributed by atoms with Crippen LogP contribution in [0.2, 0.25) is 5.02 Å². The zero-order valence-corrected chi connectivity index (χ0v) is 18.2. The van der Waals surface area contributed by atoms with Gasteiger partial charge in [-0.3, -0.25) is 14.2 Å². The van der Waals surface area contributed by atoms with E-state index < -0.39 is 0 Å². The summed E-state index contributed by atoms with van der Waals surface area (Å²) in [6.07, 6.45) is 5.51. The minimum atomic E-state index is -0.287. The molecule has 0 unspecified atom stereocenters. The molecule has 162 valence electrons. The summed E-state index contributed by atoms with van der Waals surface area (Å²) in [6.45, 7) is 1.14. The van der Waals surface area contributed by atoms with Gasteiger partial charge in [-0.25, -0.2) is 9.67 Å². The monoisotopic (exact) mass is 447 g/mol. The van der Waals surface area contributed by atoms with Gasteiger partial charge < -0.3 is 5.32 Å². The number of aromatic nitrogens is 4. The van der Waals surface area contributed by atoms with E-state index in [0.717, 1.165) is 37.1 Å². The molecule has 1 aliphatic heterocycles. The van der Waals surface area contributed by atoms with E-state index >= 15 is 0 Å². The summed E-state index contributed by atoms with van der Waals surface area (Å²) >= 11 is 6.26. The summed E-state index contributed by atoms with van der Waals surface area (Å²) in [5, 5.41) is 8.39. The maximum Gasteiger partial charge on any atom is 0.261 e. The molecule has 0 fully saturated rings. The Morgan fingerprint density at radius 3 is 2.84 bits per heavy atom. The molecule has 0 aliphatic carbocycles. The molecule has 0 radical (unpaired) electrons. The number of rotatable bonds is 4. The summed E-state index contributed by atoms with van der Waals surface area (Å²) in [7, 11) is 0. The van der Waals surface area contributed by atoms with Gasteiger partial charge >= 0.3 is 0 Å². The van der Waals surface area contributed by atoms with Crippen LogP contribution in [0.3, 0.4) is 0 Å². The Hall–Kier alpha value is -3.45. The summed E-state index contributed by atoms with van der Waals surface area (Å²) in [4.78, 5) is 30.6. The fraction of sp³-hybridized carbons (Fsp3) is 0.250. The van der Waals surface area contributed by atoms with Gasteiger partial charge in [0.2, 0.25) is 0 Å². The van der Waals surface area contributed by atoms with Gasteiger partial charge in [0.25, 0.3) is 11.5 Å². The standard InChI is InChI=1S/C24H22ClN5O2/c25-19-7-4-3-6-17(19)15-30-22(11-12-26-30)28-23(31)16-9-10-18-20(14-16)27-21-8-2-1-5-13-29(21)24(18)32/h3-4,6-7,9-12,14H,1-2,5,8,13,15H2,(H,28,31). The molecular formula is C24H22ClN5O2. The van der Waals surface area contributed by atoms with Crippen LogP contribution in [0.4, 0.5) is 5.82 Å². The van der Waals surface area contributed by atoms with Crippen molar-refractivity contribution < 1.29 is 4.79 Å². The highest BCUT2D eigenvalue weighted by Gasteiger charge is 2.16. The first-order chi connectivity index (χ1) is 15.6. The molecule has 0 spiro atoms. The zero-order chi connectivity index (χ0) is 22.1. The first kappa shape index (κ1) is 20.5. The van der Waals surface area contributed by atoms with Gasteiger partial charge in [-0.1, -0.05) is 36.2 Å². The first-order valence-corrected chi connectivity index (χ1v) is 11.1. The van der Waals surface area contributed by atoms with Gasteiger partial charge in [0.05, 0.1) is 23.6 Å². The van der Waals surface area contributed by atoms with Crippen molar-refractivity contribution in [3.63, 3.8) is 0 Å². The van der Waals surface area contributed by atoms with Crippen LogP contribution in [0.5, 0.6) is 0 Å². The SMILES string of the molecule is O=C(Nc1ccnn1Cc1ccccc1Cl)c1ccc2c(=O)n3c(nc2c1)CCCCC3. The largest absolute Gasteiger partial charge is 0.307 e. The van der Waals surface area contributed by atoms with E-state index in [0.29, 0.717) is 40.4 Å². The van der Waals surface area contributed by atoms with E-state index in [4.69, 9.17) is 16.6 Å². The Morgan fingerprint density at radius 2 is 1.97 bits per heavy atom.